The van der Waals surface area contributed by atoms with E-state index in [0.717, 1.165) is 3.93 Å². The third-order valence-corrected chi connectivity index (χ3v) is 6.51. The molecule has 3 heteroatoms. The maximum atomic E-state index is 5.81. The molecule has 0 saturated heterocycles. The molecule has 0 aliphatic carbocycles. The number of hydrogen-bond donors (Lipinski definition) is 0. The van der Waals surface area contributed by atoms with Gasteiger partial charge in [0.25, 0.3) is 0 Å². The second kappa shape index (κ2) is 5.39. The van der Waals surface area contributed by atoms with Gasteiger partial charge in [0.05, 0.1) is 0 Å². The van der Waals surface area contributed by atoms with E-state index >= 15 is 0 Å². The molecule has 0 N–H and O–H groups in total. The Morgan fingerprint density at radius 2 is 1.64 bits per heavy atom. The summed E-state index contributed by atoms with van der Waals surface area (Å²) in [4.78, 5) is 0. The first-order chi connectivity index (χ1) is 5.36. The number of rotatable bonds is 3. The van der Waals surface area contributed by atoms with Crippen molar-refractivity contribution in [3.8, 4) is 0 Å². The summed E-state index contributed by atoms with van der Waals surface area (Å²) in [6, 6.07) is 8.39. The fourth-order valence-corrected chi connectivity index (χ4v) is 5.14. The van der Waals surface area contributed by atoms with E-state index in [1.54, 1.807) is 0 Å². The topological polar surface area (TPSA) is 0 Å². The Morgan fingerprint density at radius 1 is 1.09 bits per heavy atom. The average molecular weight is 376 g/mol. The SMILES string of the molecule is ClCc1ccc([CH2][Hg][Cl])cc1. The van der Waals surface area contributed by atoms with Gasteiger partial charge in [0.15, 0.2) is 0 Å². The van der Waals surface area contributed by atoms with Crippen LogP contribution in [0.25, 0.3) is 0 Å². The van der Waals surface area contributed by atoms with Crippen LogP contribution in [0.2, 0.25) is 0 Å². The Labute approximate surface area is 87.8 Å². The van der Waals surface area contributed by atoms with Gasteiger partial charge in [0.2, 0.25) is 0 Å². The fourth-order valence-electron chi connectivity index (χ4n) is 0.904. The second-order valence-corrected chi connectivity index (χ2v) is 9.39. The van der Waals surface area contributed by atoms with Gasteiger partial charge in [-0.25, -0.2) is 0 Å². The minimum absolute atomic E-state index is 0.603. The third-order valence-electron chi connectivity index (χ3n) is 1.56. The Balaban J connectivity index is 2.66. The summed E-state index contributed by atoms with van der Waals surface area (Å²) in [5, 5.41) is 0. The van der Waals surface area contributed by atoms with Gasteiger partial charge < -0.3 is 0 Å². The van der Waals surface area contributed by atoms with Crippen molar-refractivity contribution in [2.45, 2.75) is 9.81 Å². The van der Waals surface area contributed by atoms with Crippen LogP contribution in [-0.4, -0.2) is 0 Å². The van der Waals surface area contributed by atoms with Gasteiger partial charge in [-0.2, -0.15) is 0 Å². The molecule has 0 atom stereocenters. The van der Waals surface area contributed by atoms with E-state index in [0.29, 0.717) is 5.88 Å². The van der Waals surface area contributed by atoms with Crippen LogP contribution in [0.15, 0.2) is 24.3 Å². The summed E-state index contributed by atoms with van der Waals surface area (Å²) >= 11 is 4.65. The van der Waals surface area contributed by atoms with Gasteiger partial charge in [-0.3, -0.25) is 0 Å². The molecular formula is C8H8Cl2Hg. The van der Waals surface area contributed by atoms with Crippen molar-refractivity contribution < 1.29 is 23.3 Å². The molecule has 0 unspecified atom stereocenters. The number of alkyl halides is 1. The molecule has 0 fully saturated rings. The van der Waals surface area contributed by atoms with Crippen LogP contribution < -0.4 is 0 Å². The van der Waals surface area contributed by atoms with Gasteiger partial charge in [0, 0.05) is 0 Å². The van der Waals surface area contributed by atoms with Crippen molar-refractivity contribution in [2.75, 3.05) is 0 Å². The van der Waals surface area contributed by atoms with Crippen LogP contribution in [0.3, 0.4) is 0 Å². The van der Waals surface area contributed by atoms with Crippen molar-refractivity contribution in [2.24, 2.45) is 0 Å². The van der Waals surface area contributed by atoms with Crippen LogP contribution in [0.1, 0.15) is 11.1 Å². The zero-order chi connectivity index (χ0) is 8.10. The molecule has 0 nitrogen and oxygen atoms in total. The molecule has 0 bridgehead atoms. The fraction of sp³-hybridized carbons (Fsp3) is 0.250. The predicted octanol–water partition coefficient (Wildman–Crippen LogP) is 3.16. The minimum atomic E-state index is -0.990. The van der Waals surface area contributed by atoms with Gasteiger partial charge in [-0.05, 0) is 0 Å². The quantitative estimate of drug-likeness (QED) is 0.562. The van der Waals surface area contributed by atoms with E-state index < -0.39 is 23.3 Å². The normalized spacial score (nSPS) is 9.27. The van der Waals surface area contributed by atoms with Crippen LogP contribution >= 0.6 is 19.9 Å². The van der Waals surface area contributed by atoms with E-state index in [9.17, 15) is 0 Å². The standard InChI is InChI=1S/C8H8Cl.ClH.Hg/c1-7-2-4-8(6-9)5-3-7;;/h2-5H,1,6H2;1H;/q;;+1/p-1. The summed E-state index contributed by atoms with van der Waals surface area (Å²) in [6.07, 6.45) is 0. The van der Waals surface area contributed by atoms with E-state index in [-0.39, 0.29) is 0 Å². The molecule has 56 valence electrons. The molecule has 0 heterocycles. The molecule has 1 rings (SSSR count). The first kappa shape index (κ1) is 9.82. The Kier molecular flexibility index (Phi) is 4.81. The zero-order valence-corrected chi connectivity index (χ0v) is 13.2. The summed E-state index contributed by atoms with van der Waals surface area (Å²) < 4.78 is 1.16. The summed E-state index contributed by atoms with van der Waals surface area (Å²) in [6.45, 7) is 0. The van der Waals surface area contributed by atoms with Crippen LogP contribution in [0, 0.1) is 0 Å². The average Bonchev–Trinajstić information content (AvgIpc) is 2.07. The third kappa shape index (κ3) is 3.31. The molecule has 0 aliphatic heterocycles. The summed E-state index contributed by atoms with van der Waals surface area (Å²) in [7, 11) is 5.81. The number of halogens is 2. The number of benzene rings is 1. The van der Waals surface area contributed by atoms with E-state index in [1.807, 2.05) is 0 Å². The van der Waals surface area contributed by atoms with E-state index in [2.05, 4.69) is 24.3 Å². The van der Waals surface area contributed by atoms with Crippen molar-refractivity contribution >= 4 is 19.9 Å². The molecule has 0 amide bonds. The van der Waals surface area contributed by atoms with Gasteiger partial charge in [-0.1, -0.05) is 0 Å². The van der Waals surface area contributed by atoms with Crippen LogP contribution in [0.4, 0.5) is 0 Å². The van der Waals surface area contributed by atoms with Gasteiger partial charge in [-0.15, -0.1) is 0 Å². The molecule has 0 saturated carbocycles. The Morgan fingerprint density at radius 3 is 2.09 bits per heavy atom. The molecule has 1 aromatic rings. The number of hydrogen-bond acceptors (Lipinski definition) is 0. The van der Waals surface area contributed by atoms with E-state index in [4.69, 9.17) is 19.9 Å². The molecular weight excluding hydrogens is 368 g/mol. The molecule has 0 spiro atoms. The maximum absolute atomic E-state index is 5.81. The molecule has 11 heavy (non-hydrogen) atoms. The molecule has 0 radical (unpaired) electrons. The summed E-state index contributed by atoms with van der Waals surface area (Å²) in [5.41, 5.74) is 2.55. The van der Waals surface area contributed by atoms with Gasteiger partial charge >= 0.3 is 88.4 Å². The monoisotopic (exact) mass is 376 g/mol. The first-order valence-electron chi connectivity index (χ1n) is 3.56. The predicted molar refractivity (Wildman–Crippen MR) is 45.6 cm³/mol. The van der Waals surface area contributed by atoms with Crippen LogP contribution in [0.5, 0.6) is 0 Å². The first-order valence-corrected chi connectivity index (χ1v) is 14.8. The van der Waals surface area contributed by atoms with Crippen LogP contribution in [-0.2, 0) is 33.1 Å². The summed E-state index contributed by atoms with van der Waals surface area (Å²) in [5.74, 6) is 0.603. The zero-order valence-electron chi connectivity index (χ0n) is 6.19. The molecule has 1 aromatic carbocycles. The van der Waals surface area contributed by atoms with E-state index in [1.165, 1.54) is 11.1 Å². The molecule has 0 aliphatic rings. The van der Waals surface area contributed by atoms with Gasteiger partial charge in [0.1, 0.15) is 0 Å². The second-order valence-electron chi connectivity index (χ2n) is 2.39. The molecule has 0 aromatic heterocycles. The Hall–Kier alpha value is 0.735. The van der Waals surface area contributed by atoms with Crippen molar-refractivity contribution in [1.82, 2.24) is 0 Å². The van der Waals surface area contributed by atoms with Crippen molar-refractivity contribution in [1.29, 1.82) is 0 Å². The van der Waals surface area contributed by atoms with Crippen molar-refractivity contribution in [3.05, 3.63) is 35.4 Å². The van der Waals surface area contributed by atoms with Crippen molar-refractivity contribution in [3.63, 3.8) is 0 Å². The Bertz CT molecular complexity index is 208.